The Hall–Kier alpha value is -1.54. The molecule has 10 heteroatoms. The Labute approximate surface area is 227 Å². The standard InChI is InChI=1S/C23H22BrI2N3O4/c1-5-32-19(30)12-33-20-16(25)8-13(9-17(20)26)11-27-29-21(31)15-10-14(24)6-7-18(15)28-22(29)23(2,3)4/h6-11H,5,12H2,1-4H3. The molecule has 3 rings (SSSR count). The number of hydrogen-bond donors (Lipinski definition) is 0. The molecule has 1 aromatic heterocycles. The van der Waals surface area contributed by atoms with Gasteiger partial charge < -0.3 is 9.47 Å². The quantitative estimate of drug-likeness (QED) is 0.190. The number of hydrogen-bond acceptors (Lipinski definition) is 6. The second kappa shape index (κ2) is 10.8. The van der Waals surface area contributed by atoms with Crippen LogP contribution in [-0.4, -0.2) is 35.1 Å². The molecule has 0 saturated carbocycles. The summed E-state index contributed by atoms with van der Waals surface area (Å²) in [6.07, 6.45) is 1.63. The molecule has 0 radical (unpaired) electrons. The molecule has 0 unspecified atom stereocenters. The second-order valence-corrected chi connectivity index (χ2v) is 11.4. The highest BCUT2D eigenvalue weighted by atomic mass is 127. The number of rotatable bonds is 6. The number of carbonyl (C=O) groups is 1. The first-order chi connectivity index (χ1) is 15.5. The van der Waals surface area contributed by atoms with Crippen LogP contribution in [0.3, 0.4) is 0 Å². The molecule has 3 aromatic rings. The highest BCUT2D eigenvalue weighted by Crippen LogP contribution is 2.29. The van der Waals surface area contributed by atoms with Crippen LogP contribution in [0.25, 0.3) is 10.9 Å². The molecule has 0 saturated heterocycles. The minimum Gasteiger partial charge on any atom is -0.480 e. The Balaban J connectivity index is 2.01. The van der Waals surface area contributed by atoms with Crippen LogP contribution in [0.15, 0.2) is 44.7 Å². The molecular formula is C23H22BrI2N3O4. The van der Waals surface area contributed by atoms with E-state index in [0.717, 1.165) is 17.2 Å². The first-order valence-corrected chi connectivity index (χ1v) is 13.0. The Bertz CT molecular complexity index is 1280. The molecule has 2 aromatic carbocycles. The van der Waals surface area contributed by atoms with Crippen LogP contribution in [0.4, 0.5) is 0 Å². The summed E-state index contributed by atoms with van der Waals surface area (Å²) in [7, 11) is 0. The average molecular weight is 738 g/mol. The molecular weight excluding hydrogens is 716 g/mol. The van der Waals surface area contributed by atoms with E-state index in [-0.39, 0.29) is 12.2 Å². The van der Waals surface area contributed by atoms with Gasteiger partial charge in [-0.05, 0) is 88.0 Å². The van der Waals surface area contributed by atoms with Crippen molar-refractivity contribution in [2.75, 3.05) is 13.2 Å². The van der Waals surface area contributed by atoms with Gasteiger partial charge in [0.25, 0.3) is 5.56 Å². The lowest BCUT2D eigenvalue weighted by atomic mass is 9.95. The molecule has 0 spiro atoms. The number of halogens is 3. The van der Waals surface area contributed by atoms with Gasteiger partial charge in [0.2, 0.25) is 0 Å². The van der Waals surface area contributed by atoms with E-state index in [4.69, 9.17) is 14.5 Å². The lowest BCUT2D eigenvalue weighted by Gasteiger charge is -2.20. The summed E-state index contributed by atoms with van der Waals surface area (Å²) in [6, 6.07) is 9.19. The van der Waals surface area contributed by atoms with Crippen molar-refractivity contribution < 1.29 is 14.3 Å². The van der Waals surface area contributed by atoms with E-state index in [0.29, 0.717) is 29.1 Å². The maximum atomic E-state index is 13.3. The summed E-state index contributed by atoms with van der Waals surface area (Å²) in [5, 5.41) is 5.00. The first kappa shape index (κ1) is 26.1. The fourth-order valence-corrected chi connectivity index (χ4v) is 5.48. The van der Waals surface area contributed by atoms with Crippen molar-refractivity contribution >= 4 is 84.2 Å². The van der Waals surface area contributed by atoms with Gasteiger partial charge in [-0.2, -0.15) is 9.78 Å². The van der Waals surface area contributed by atoms with Crippen molar-refractivity contribution in [3.8, 4) is 5.75 Å². The Morgan fingerprint density at radius 2 is 1.88 bits per heavy atom. The predicted octanol–water partition coefficient (Wildman–Crippen LogP) is 5.49. The third kappa shape index (κ3) is 6.32. The number of nitrogens with zero attached hydrogens (tertiary/aromatic N) is 3. The van der Waals surface area contributed by atoms with Crippen molar-refractivity contribution in [3.05, 3.63) is 63.7 Å². The molecule has 0 aliphatic carbocycles. The Kier molecular flexibility index (Phi) is 8.54. The smallest absolute Gasteiger partial charge is 0.344 e. The van der Waals surface area contributed by atoms with Crippen LogP contribution < -0.4 is 10.3 Å². The molecule has 0 fully saturated rings. The van der Waals surface area contributed by atoms with Crippen LogP contribution >= 0.6 is 61.1 Å². The molecule has 7 nitrogen and oxygen atoms in total. The van der Waals surface area contributed by atoms with E-state index < -0.39 is 11.4 Å². The Morgan fingerprint density at radius 1 is 1.21 bits per heavy atom. The average Bonchev–Trinajstić information content (AvgIpc) is 2.72. The molecule has 174 valence electrons. The van der Waals surface area contributed by atoms with Crippen molar-refractivity contribution in [3.63, 3.8) is 0 Å². The number of benzene rings is 2. The fourth-order valence-electron chi connectivity index (χ4n) is 2.99. The summed E-state index contributed by atoms with van der Waals surface area (Å²) >= 11 is 7.71. The molecule has 0 aliphatic rings. The first-order valence-electron chi connectivity index (χ1n) is 10.1. The number of ether oxygens (including phenoxy) is 2. The lowest BCUT2D eigenvalue weighted by molar-refractivity contribution is -0.145. The van der Waals surface area contributed by atoms with Crippen LogP contribution in [-0.2, 0) is 14.9 Å². The molecule has 0 atom stereocenters. The zero-order chi connectivity index (χ0) is 24.3. The van der Waals surface area contributed by atoms with Gasteiger partial charge in [-0.15, -0.1) is 0 Å². The molecule has 0 bridgehead atoms. The number of esters is 1. The van der Waals surface area contributed by atoms with E-state index in [1.54, 1.807) is 19.2 Å². The van der Waals surface area contributed by atoms with Crippen LogP contribution in [0.1, 0.15) is 39.1 Å². The van der Waals surface area contributed by atoms with E-state index in [1.165, 1.54) is 4.68 Å². The van der Waals surface area contributed by atoms with Crippen molar-refractivity contribution in [2.45, 2.75) is 33.1 Å². The predicted molar refractivity (Wildman–Crippen MR) is 149 cm³/mol. The summed E-state index contributed by atoms with van der Waals surface area (Å²) in [4.78, 5) is 29.6. The normalized spacial score (nSPS) is 11.8. The van der Waals surface area contributed by atoms with Gasteiger partial charge >= 0.3 is 5.97 Å². The summed E-state index contributed by atoms with van der Waals surface area (Å²) < 4.78 is 14.3. The highest BCUT2D eigenvalue weighted by Gasteiger charge is 2.23. The molecule has 0 aliphatic heterocycles. The third-order valence-corrected chi connectivity index (χ3v) is 6.56. The molecule has 0 N–H and O–H groups in total. The maximum Gasteiger partial charge on any atom is 0.344 e. The fraction of sp³-hybridized carbons (Fsp3) is 0.304. The minimum absolute atomic E-state index is 0.157. The molecule has 0 amide bonds. The van der Waals surface area contributed by atoms with Crippen molar-refractivity contribution in [1.29, 1.82) is 0 Å². The van der Waals surface area contributed by atoms with E-state index >= 15 is 0 Å². The van der Waals surface area contributed by atoms with E-state index in [9.17, 15) is 9.59 Å². The number of aromatic nitrogens is 2. The largest absolute Gasteiger partial charge is 0.480 e. The van der Waals surface area contributed by atoms with Gasteiger partial charge in [0.15, 0.2) is 6.61 Å². The lowest BCUT2D eigenvalue weighted by Crippen LogP contribution is -2.29. The topological polar surface area (TPSA) is 82.8 Å². The van der Waals surface area contributed by atoms with Gasteiger partial charge in [0.05, 0.1) is 30.9 Å². The van der Waals surface area contributed by atoms with Crippen molar-refractivity contribution in [2.24, 2.45) is 5.10 Å². The van der Waals surface area contributed by atoms with Gasteiger partial charge in [0, 0.05) is 9.89 Å². The van der Waals surface area contributed by atoms with Gasteiger partial charge in [-0.25, -0.2) is 9.78 Å². The summed E-state index contributed by atoms with van der Waals surface area (Å²) in [5.41, 5.74) is 0.784. The monoisotopic (exact) mass is 737 g/mol. The molecule has 33 heavy (non-hydrogen) atoms. The van der Waals surface area contributed by atoms with Crippen LogP contribution in [0, 0.1) is 7.14 Å². The minimum atomic E-state index is -0.417. The van der Waals surface area contributed by atoms with Gasteiger partial charge in [-0.1, -0.05) is 36.7 Å². The van der Waals surface area contributed by atoms with E-state index in [1.807, 2.05) is 45.0 Å². The zero-order valence-corrected chi connectivity index (χ0v) is 24.4. The molecule has 1 heterocycles. The Morgan fingerprint density at radius 3 is 2.48 bits per heavy atom. The SMILES string of the molecule is CCOC(=O)COc1c(I)cc(C=Nn2c(C(C)(C)C)nc3ccc(Br)cc3c2=O)cc1I. The summed E-state index contributed by atoms with van der Waals surface area (Å²) in [5.74, 6) is 0.753. The third-order valence-electron chi connectivity index (χ3n) is 4.46. The van der Waals surface area contributed by atoms with Crippen LogP contribution in [0.2, 0.25) is 0 Å². The van der Waals surface area contributed by atoms with Crippen LogP contribution in [0.5, 0.6) is 5.75 Å². The second-order valence-electron chi connectivity index (χ2n) is 8.12. The van der Waals surface area contributed by atoms with Crippen molar-refractivity contribution in [1.82, 2.24) is 9.66 Å². The van der Waals surface area contributed by atoms with Gasteiger partial charge in [0.1, 0.15) is 11.6 Å². The zero-order valence-electron chi connectivity index (χ0n) is 18.5. The number of fused-ring (bicyclic) bond motifs is 1. The number of carbonyl (C=O) groups excluding carboxylic acids is 1. The van der Waals surface area contributed by atoms with E-state index in [2.05, 4.69) is 66.2 Å². The highest BCUT2D eigenvalue weighted by molar-refractivity contribution is 14.1. The van der Waals surface area contributed by atoms with Gasteiger partial charge in [-0.3, -0.25) is 4.79 Å². The summed E-state index contributed by atoms with van der Waals surface area (Å²) in [6.45, 7) is 7.88. The maximum absolute atomic E-state index is 13.3.